The van der Waals surface area contributed by atoms with Crippen LogP contribution < -0.4 is 10.5 Å². The highest BCUT2D eigenvalue weighted by Gasteiger charge is 2.06. The fourth-order valence-electron chi connectivity index (χ4n) is 1.61. The van der Waals surface area contributed by atoms with Crippen LogP contribution in [-0.2, 0) is 13.0 Å². The molecule has 0 spiro atoms. The first-order valence-electron chi connectivity index (χ1n) is 6.02. The van der Waals surface area contributed by atoms with E-state index in [1.807, 2.05) is 18.2 Å². The van der Waals surface area contributed by atoms with E-state index < -0.39 is 0 Å². The predicted octanol–water partition coefficient (Wildman–Crippen LogP) is 2.16. The van der Waals surface area contributed by atoms with Crippen LogP contribution in [0.5, 0.6) is 5.75 Å². The Morgan fingerprint density at radius 1 is 1.33 bits per heavy atom. The lowest BCUT2D eigenvalue weighted by Crippen LogP contribution is -2.00. The third-order valence-corrected chi connectivity index (χ3v) is 2.45. The molecule has 0 atom stereocenters. The highest BCUT2D eigenvalue weighted by atomic mass is 16.5. The number of hydrogen-bond acceptors (Lipinski definition) is 4. The number of aromatic amines is 1. The number of hydrogen-bond donors (Lipinski definition) is 2. The van der Waals surface area contributed by atoms with E-state index in [4.69, 9.17) is 10.5 Å². The van der Waals surface area contributed by atoms with Gasteiger partial charge in [0.05, 0.1) is 5.69 Å². The summed E-state index contributed by atoms with van der Waals surface area (Å²) < 4.78 is 5.58. The van der Waals surface area contributed by atoms with E-state index >= 15 is 0 Å². The Hall–Kier alpha value is -2.04. The zero-order valence-electron chi connectivity index (χ0n) is 10.7. The Bertz CT molecular complexity index is 507. The maximum Gasteiger partial charge on any atom is 0.162 e. The van der Waals surface area contributed by atoms with Crippen LogP contribution in [0.3, 0.4) is 0 Å². The van der Waals surface area contributed by atoms with Crippen molar-refractivity contribution in [2.45, 2.75) is 26.9 Å². The summed E-state index contributed by atoms with van der Waals surface area (Å²) in [4.78, 5) is 4.36. The number of nitrogen functional groups attached to an aromatic ring is 1. The lowest BCUT2D eigenvalue weighted by molar-refractivity contribution is 0.298. The molecule has 18 heavy (non-hydrogen) atoms. The van der Waals surface area contributed by atoms with Crippen molar-refractivity contribution in [3.63, 3.8) is 0 Å². The summed E-state index contributed by atoms with van der Waals surface area (Å²) in [5, 5.41) is 7.02. The molecule has 0 saturated heterocycles. The number of aromatic nitrogens is 3. The molecule has 0 fully saturated rings. The predicted molar refractivity (Wildman–Crippen MR) is 70.1 cm³/mol. The first kappa shape index (κ1) is 12.4. The molecule has 0 aliphatic heterocycles. The minimum Gasteiger partial charge on any atom is -0.483 e. The molecular formula is C13H18N4O. The maximum atomic E-state index is 5.78. The van der Waals surface area contributed by atoms with Crippen molar-refractivity contribution >= 4 is 5.69 Å². The zero-order valence-corrected chi connectivity index (χ0v) is 10.7. The van der Waals surface area contributed by atoms with Gasteiger partial charge in [0.1, 0.15) is 12.4 Å². The van der Waals surface area contributed by atoms with E-state index in [0.717, 1.165) is 12.2 Å². The van der Waals surface area contributed by atoms with Gasteiger partial charge in [0.25, 0.3) is 0 Å². The molecule has 0 amide bonds. The quantitative estimate of drug-likeness (QED) is 0.793. The topological polar surface area (TPSA) is 76.8 Å². The van der Waals surface area contributed by atoms with Gasteiger partial charge >= 0.3 is 0 Å². The molecule has 2 aromatic rings. The second-order valence-corrected chi connectivity index (χ2v) is 4.62. The molecule has 0 aliphatic carbocycles. The van der Waals surface area contributed by atoms with Gasteiger partial charge in [-0.2, -0.15) is 5.10 Å². The Kier molecular flexibility index (Phi) is 3.82. The van der Waals surface area contributed by atoms with Gasteiger partial charge in [0.15, 0.2) is 11.6 Å². The molecule has 1 heterocycles. The van der Waals surface area contributed by atoms with Crippen LogP contribution in [0.1, 0.15) is 25.5 Å². The summed E-state index contributed by atoms with van der Waals surface area (Å²) in [6.07, 6.45) is 0.865. The van der Waals surface area contributed by atoms with Gasteiger partial charge in [0, 0.05) is 6.42 Å². The molecule has 2 rings (SSSR count). The van der Waals surface area contributed by atoms with Gasteiger partial charge in [-0.05, 0) is 18.1 Å². The number of rotatable bonds is 5. The second kappa shape index (κ2) is 5.53. The molecule has 3 N–H and O–H groups in total. The molecule has 0 unspecified atom stereocenters. The molecular weight excluding hydrogens is 228 g/mol. The average molecular weight is 246 g/mol. The second-order valence-electron chi connectivity index (χ2n) is 4.62. The Labute approximate surface area is 106 Å². The Balaban J connectivity index is 1.94. The molecule has 1 aromatic heterocycles. The minimum atomic E-state index is 0.347. The number of nitrogens with zero attached hydrogens (tertiary/aromatic N) is 2. The van der Waals surface area contributed by atoms with Crippen LogP contribution in [0.4, 0.5) is 5.69 Å². The maximum absolute atomic E-state index is 5.78. The third-order valence-electron chi connectivity index (χ3n) is 2.45. The summed E-state index contributed by atoms with van der Waals surface area (Å²) in [7, 11) is 0. The number of H-pyrrole nitrogens is 1. The number of ether oxygens (including phenoxy) is 1. The molecule has 1 aromatic carbocycles. The third kappa shape index (κ3) is 3.23. The van der Waals surface area contributed by atoms with Crippen molar-refractivity contribution in [3.05, 3.63) is 35.9 Å². The van der Waals surface area contributed by atoms with Crippen molar-refractivity contribution < 1.29 is 4.74 Å². The number of nitrogens with one attached hydrogen (secondary N) is 1. The lowest BCUT2D eigenvalue weighted by atomic mass is 10.1. The summed E-state index contributed by atoms with van der Waals surface area (Å²) in [5.41, 5.74) is 6.41. The molecule has 0 bridgehead atoms. The largest absolute Gasteiger partial charge is 0.483 e. The van der Waals surface area contributed by atoms with Gasteiger partial charge in [-0.1, -0.05) is 26.0 Å². The van der Waals surface area contributed by atoms with E-state index in [2.05, 4.69) is 29.0 Å². The SMILES string of the molecule is CC(C)Cc1n[nH]c(COc2ccccc2N)n1. The van der Waals surface area contributed by atoms with E-state index in [-0.39, 0.29) is 0 Å². The van der Waals surface area contributed by atoms with E-state index in [1.54, 1.807) is 6.07 Å². The lowest BCUT2D eigenvalue weighted by Gasteiger charge is -2.06. The summed E-state index contributed by atoms with van der Waals surface area (Å²) >= 11 is 0. The van der Waals surface area contributed by atoms with Crippen LogP contribution >= 0.6 is 0 Å². The zero-order chi connectivity index (χ0) is 13.0. The molecule has 0 radical (unpaired) electrons. The highest BCUT2D eigenvalue weighted by Crippen LogP contribution is 2.20. The molecule has 5 heteroatoms. The average Bonchev–Trinajstić information content (AvgIpc) is 2.75. The van der Waals surface area contributed by atoms with Gasteiger partial charge in [-0.25, -0.2) is 4.98 Å². The number of para-hydroxylation sites is 2. The van der Waals surface area contributed by atoms with Gasteiger partial charge in [-0.15, -0.1) is 0 Å². The van der Waals surface area contributed by atoms with E-state index in [1.165, 1.54) is 0 Å². The molecule has 0 aliphatic rings. The molecule has 96 valence electrons. The first-order chi connectivity index (χ1) is 8.65. The summed E-state index contributed by atoms with van der Waals surface area (Å²) in [5.74, 6) is 2.75. The summed E-state index contributed by atoms with van der Waals surface area (Å²) in [6, 6.07) is 7.40. The van der Waals surface area contributed by atoms with Crippen molar-refractivity contribution in [2.24, 2.45) is 5.92 Å². The standard InChI is InChI=1S/C13H18N4O/c1-9(2)7-12-15-13(17-16-12)8-18-11-6-4-3-5-10(11)14/h3-6,9H,7-8,14H2,1-2H3,(H,15,16,17). The highest BCUT2D eigenvalue weighted by molar-refractivity contribution is 5.51. The van der Waals surface area contributed by atoms with Crippen LogP contribution in [0.2, 0.25) is 0 Å². The van der Waals surface area contributed by atoms with E-state index in [9.17, 15) is 0 Å². The van der Waals surface area contributed by atoms with Crippen LogP contribution in [0.15, 0.2) is 24.3 Å². The van der Waals surface area contributed by atoms with Gasteiger partial charge in [0.2, 0.25) is 0 Å². The smallest absolute Gasteiger partial charge is 0.162 e. The van der Waals surface area contributed by atoms with Crippen molar-refractivity contribution in [1.82, 2.24) is 15.2 Å². The van der Waals surface area contributed by atoms with Crippen molar-refractivity contribution in [3.8, 4) is 5.75 Å². The fourth-order valence-corrected chi connectivity index (χ4v) is 1.61. The Morgan fingerprint density at radius 2 is 2.11 bits per heavy atom. The monoisotopic (exact) mass is 246 g/mol. The number of anilines is 1. The van der Waals surface area contributed by atoms with Crippen LogP contribution in [0, 0.1) is 5.92 Å². The van der Waals surface area contributed by atoms with Crippen LogP contribution in [0.25, 0.3) is 0 Å². The normalized spacial score (nSPS) is 10.8. The first-order valence-corrected chi connectivity index (χ1v) is 6.02. The van der Waals surface area contributed by atoms with Crippen molar-refractivity contribution in [2.75, 3.05) is 5.73 Å². The molecule has 5 nitrogen and oxygen atoms in total. The van der Waals surface area contributed by atoms with Gasteiger partial charge in [-0.3, -0.25) is 5.10 Å². The molecule has 0 saturated carbocycles. The van der Waals surface area contributed by atoms with Crippen molar-refractivity contribution in [1.29, 1.82) is 0 Å². The van der Waals surface area contributed by atoms with Crippen LogP contribution in [-0.4, -0.2) is 15.2 Å². The van der Waals surface area contributed by atoms with Gasteiger partial charge < -0.3 is 10.5 Å². The fraction of sp³-hybridized carbons (Fsp3) is 0.385. The van der Waals surface area contributed by atoms with E-state index in [0.29, 0.717) is 29.8 Å². The summed E-state index contributed by atoms with van der Waals surface area (Å²) in [6.45, 7) is 4.62. The Morgan fingerprint density at radius 3 is 2.83 bits per heavy atom. The minimum absolute atomic E-state index is 0.347. The number of nitrogens with two attached hydrogens (primary N) is 1. The number of benzene rings is 1.